The highest BCUT2D eigenvalue weighted by Gasteiger charge is 2.21. The third-order valence-corrected chi connectivity index (χ3v) is 4.56. The van der Waals surface area contributed by atoms with Gasteiger partial charge < -0.3 is 9.80 Å². The molecule has 0 radical (unpaired) electrons. The molecule has 0 spiro atoms. The fourth-order valence-electron chi connectivity index (χ4n) is 2.78. The normalized spacial score (nSPS) is 13.8. The van der Waals surface area contributed by atoms with Crippen LogP contribution in [0, 0.1) is 0 Å². The van der Waals surface area contributed by atoms with Crippen molar-refractivity contribution in [2.45, 2.75) is 66.5 Å². The summed E-state index contributed by atoms with van der Waals surface area (Å²) < 4.78 is 0. The van der Waals surface area contributed by atoms with Gasteiger partial charge in [0.1, 0.15) is 0 Å². The molecule has 1 rings (SSSR count). The zero-order valence-corrected chi connectivity index (χ0v) is 16.9. The second-order valence-electron chi connectivity index (χ2n) is 6.45. The van der Waals surface area contributed by atoms with Crippen LogP contribution in [0.2, 0.25) is 0 Å². The van der Waals surface area contributed by atoms with Crippen LogP contribution in [0.15, 0.2) is 48.6 Å². The zero-order valence-electron chi connectivity index (χ0n) is 16.9. The second-order valence-corrected chi connectivity index (χ2v) is 6.45. The number of benzene rings is 1. The number of hydrogen-bond donors (Lipinski definition) is 0. The molecule has 0 bridgehead atoms. The molecule has 0 N–H and O–H groups in total. The van der Waals surface area contributed by atoms with Gasteiger partial charge in [0, 0.05) is 23.5 Å². The van der Waals surface area contributed by atoms with Crippen LogP contribution < -0.4 is 9.80 Å². The third kappa shape index (κ3) is 5.32. The van der Waals surface area contributed by atoms with Crippen LogP contribution >= 0.6 is 0 Å². The average molecular weight is 357 g/mol. The minimum Gasteiger partial charge on any atom is -0.306 e. The highest BCUT2D eigenvalue weighted by atomic mass is 16.2. The van der Waals surface area contributed by atoms with Crippen molar-refractivity contribution in [3.63, 3.8) is 0 Å². The van der Waals surface area contributed by atoms with Crippen molar-refractivity contribution >= 4 is 23.2 Å². The molecule has 1 aromatic carbocycles. The van der Waals surface area contributed by atoms with Crippen molar-refractivity contribution in [3.05, 3.63) is 48.6 Å². The summed E-state index contributed by atoms with van der Waals surface area (Å²) >= 11 is 0. The van der Waals surface area contributed by atoms with E-state index >= 15 is 0 Å². The van der Waals surface area contributed by atoms with Gasteiger partial charge in [-0.1, -0.05) is 26.0 Å². The van der Waals surface area contributed by atoms with Crippen LogP contribution in [0.25, 0.3) is 0 Å². The van der Waals surface area contributed by atoms with E-state index in [0.29, 0.717) is 0 Å². The highest BCUT2D eigenvalue weighted by Crippen LogP contribution is 2.26. The number of carbonyl (C=O) groups is 2. The van der Waals surface area contributed by atoms with E-state index in [0.717, 1.165) is 24.2 Å². The lowest BCUT2D eigenvalue weighted by Crippen LogP contribution is -2.38. The monoisotopic (exact) mass is 356 g/mol. The van der Waals surface area contributed by atoms with Gasteiger partial charge in [-0.05, 0) is 77.0 Å². The molecule has 0 aromatic heterocycles. The summed E-state index contributed by atoms with van der Waals surface area (Å²) in [6, 6.07) is 7.87. The molecular weight excluding hydrogens is 324 g/mol. The van der Waals surface area contributed by atoms with Crippen molar-refractivity contribution in [3.8, 4) is 0 Å². The predicted molar refractivity (Wildman–Crippen MR) is 111 cm³/mol. The molecule has 26 heavy (non-hydrogen) atoms. The largest absolute Gasteiger partial charge is 0.306 e. The minimum absolute atomic E-state index is 0.0293. The minimum atomic E-state index is -0.0293. The molecule has 2 atom stereocenters. The van der Waals surface area contributed by atoms with Crippen LogP contribution in [0.4, 0.5) is 11.4 Å². The summed E-state index contributed by atoms with van der Waals surface area (Å²) in [5, 5.41) is 0. The van der Waals surface area contributed by atoms with E-state index in [1.165, 1.54) is 0 Å². The van der Waals surface area contributed by atoms with Crippen molar-refractivity contribution < 1.29 is 9.59 Å². The van der Waals surface area contributed by atoms with E-state index in [4.69, 9.17) is 0 Å². The van der Waals surface area contributed by atoms with E-state index in [-0.39, 0.29) is 23.9 Å². The Kier molecular flexibility index (Phi) is 8.83. The average Bonchev–Trinajstić information content (AvgIpc) is 2.63. The van der Waals surface area contributed by atoms with E-state index in [1.807, 2.05) is 52.0 Å². The van der Waals surface area contributed by atoms with Gasteiger partial charge in [-0.2, -0.15) is 0 Å². The maximum absolute atomic E-state index is 12.5. The molecule has 0 saturated carbocycles. The molecule has 2 unspecified atom stereocenters. The number of carbonyl (C=O) groups excluding carboxylic acids is 2. The summed E-state index contributed by atoms with van der Waals surface area (Å²) in [6.45, 7) is 11.9. The fraction of sp³-hybridized carbons (Fsp3) is 0.455. The maximum Gasteiger partial charge on any atom is 0.250 e. The number of rotatable bonds is 8. The van der Waals surface area contributed by atoms with E-state index in [9.17, 15) is 9.59 Å². The van der Waals surface area contributed by atoms with Gasteiger partial charge in [-0.3, -0.25) is 9.59 Å². The lowest BCUT2D eigenvalue weighted by atomic mass is 10.1. The summed E-state index contributed by atoms with van der Waals surface area (Å²) in [7, 11) is 0. The van der Waals surface area contributed by atoms with Gasteiger partial charge in [0.25, 0.3) is 11.8 Å². The maximum atomic E-state index is 12.5. The molecule has 0 aliphatic heterocycles. The summed E-state index contributed by atoms with van der Waals surface area (Å²) in [6.07, 6.45) is 8.41. The summed E-state index contributed by atoms with van der Waals surface area (Å²) in [5.41, 5.74) is 1.68. The van der Waals surface area contributed by atoms with Crippen molar-refractivity contribution in [1.82, 2.24) is 0 Å². The molecule has 0 saturated heterocycles. The Labute approximate surface area is 158 Å². The first-order valence-corrected chi connectivity index (χ1v) is 9.42. The molecule has 2 amide bonds. The quantitative estimate of drug-likeness (QED) is 0.608. The summed E-state index contributed by atoms with van der Waals surface area (Å²) in [4.78, 5) is 28.5. The first-order chi connectivity index (χ1) is 12.4. The second kappa shape index (κ2) is 10.6. The first-order valence-electron chi connectivity index (χ1n) is 9.42. The Morgan fingerprint density at radius 3 is 1.35 bits per heavy atom. The Hall–Kier alpha value is -2.36. The van der Waals surface area contributed by atoms with Gasteiger partial charge in [-0.15, -0.1) is 0 Å². The van der Waals surface area contributed by atoms with Gasteiger partial charge in [-0.25, -0.2) is 0 Å². The Bertz CT molecular complexity index is 590. The molecule has 4 nitrogen and oxygen atoms in total. The van der Waals surface area contributed by atoms with E-state index in [1.54, 1.807) is 34.1 Å². The molecule has 0 heterocycles. The lowest BCUT2D eigenvalue weighted by molar-refractivity contribution is -0.115. The van der Waals surface area contributed by atoms with Gasteiger partial charge in [0.05, 0.1) is 0 Å². The Morgan fingerprint density at radius 2 is 1.12 bits per heavy atom. The van der Waals surface area contributed by atoms with E-state index in [2.05, 4.69) is 13.8 Å². The first kappa shape index (κ1) is 21.7. The molecule has 0 fully saturated rings. The smallest absolute Gasteiger partial charge is 0.250 e. The molecule has 0 aliphatic carbocycles. The van der Waals surface area contributed by atoms with Crippen LogP contribution in [0.5, 0.6) is 0 Å². The van der Waals surface area contributed by atoms with Gasteiger partial charge in [0.2, 0.25) is 0 Å². The highest BCUT2D eigenvalue weighted by molar-refractivity contribution is 6.03. The Balaban J connectivity index is 3.24. The molecule has 4 heteroatoms. The topological polar surface area (TPSA) is 40.6 Å². The number of nitrogens with zero attached hydrogens (tertiary/aromatic N) is 2. The lowest BCUT2D eigenvalue weighted by Gasteiger charge is -2.30. The van der Waals surface area contributed by atoms with Crippen molar-refractivity contribution in [2.24, 2.45) is 0 Å². The van der Waals surface area contributed by atoms with Crippen molar-refractivity contribution in [1.29, 1.82) is 0 Å². The Morgan fingerprint density at radius 1 is 0.808 bits per heavy atom. The molecule has 1 aromatic rings. The predicted octanol–water partition coefficient (Wildman–Crippen LogP) is 5.10. The number of allylic oxidation sites excluding steroid dienone is 2. The van der Waals surface area contributed by atoms with Crippen LogP contribution in [0.3, 0.4) is 0 Å². The van der Waals surface area contributed by atoms with Crippen LogP contribution in [-0.4, -0.2) is 23.9 Å². The number of amides is 2. The SMILES string of the molecule is C/C=C\C(=O)N(c1ccc(N(C(=O)/C=C/C)C(C)CC)cc1)C(C)CC. The van der Waals surface area contributed by atoms with Gasteiger partial charge in [0.15, 0.2) is 0 Å². The van der Waals surface area contributed by atoms with E-state index < -0.39 is 0 Å². The van der Waals surface area contributed by atoms with Gasteiger partial charge >= 0.3 is 0 Å². The molecular formula is C22H32N2O2. The van der Waals surface area contributed by atoms with Crippen molar-refractivity contribution in [2.75, 3.05) is 9.80 Å². The third-order valence-electron chi connectivity index (χ3n) is 4.56. The molecule has 0 aliphatic rings. The summed E-state index contributed by atoms with van der Waals surface area (Å²) in [5.74, 6) is -0.0586. The number of anilines is 2. The fourth-order valence-corrected chi connectivity index (χ4v) is 2.78. The number of hydrogen-bond acceptors (Lipinski definition) is 2. The zero-order chi connectivity index (χ0) is 19.7. The molecule has 142 valence electrons. The van der Waals surface area contributed by atoms with Crippen LogP contribution in [0.1, 0.15) is 54.4 Å². The van der Waals surface area contributed by atoms with Crippen LogP contribution in [-0.2, 0) is 9.59 Å². The standard InChI is InChI=1S/C22H32N2O2/c1-7-11-21(25)23(17(5)9-3)19-13-15-20(16-14-19)24(18(6)10-4)22(26)12-8-2/h7-8,11-18H,9-10H2,1-6H3/b11-7-,12-8+.